The number of anilines is 1. The van der Waals surface area contributed by atoms with E-state index in [0.717, 1.165) is 5.56 Å². The van der Waals surface area contributed by atoms with Crippen LogP contribution in [0.25, 0.3) is 0 Å². The molecular weight excluding hydrogens is 236 g/mol. The number of aromatic nitrogens is 1. The van der Waals surface area contributed by atoms with Crippen LogP contribution in [-0.2, 0) is 5.60 Å². The van der Waals surface area contributed by atoms with Gasteiger partial charge in [0.2, 0.25) is 0 Å². The van der Waals surface area contributed by atoms with Gasteiger partial charge in [-0.15, -0.1) is 0 Å². The maximum atomic E-state index is 10.6. The van der Waals surface area contributed by atoms with Crippen molar-refractivity contribution in [2.24, 2.45) is 0 Å². The summed E-state index contributed by atoms with van der Waals surface area (Å²) >= 11 is 5.82. The summed E-state index contributed by atoms with van der Waals surface area (Å²) in [4.78, 5) is 3.98. The number of halogens is 1. The van der Waals surface area contributed by atoms with Gasteiger partial charge >= 0.3 is 0 Å². The van der Waals surface area contributed by atoms with Gasteiger partial charge in [-0.1, -0.05) is 29.8 Å². The summed E-state index contributed by atoms with van der Waals surface area (Å²) in [6, 6.07) is 10.5. The van der Waals surface area contributed by atoms with Crippen LogP contribution in [0.1, 0.15) is 18.1 Å². The van der Waals surface area contributed by atoms with Gasteiger partial charge < -0.3 is 10.8 Å². The number of rotatable bonds is 2. The lowest BCUT2D eigenvalue weighted by Crippen LogP contribution is -2.24. The molecule has 4 heteroatoms. The summed E-state index contributed by atoms with van der Waals surface area (Å²) in [5.74, 6) is 0.326. The minimum Gasteiger partial charge on any atom is -0.383 e. The van der Waals surface area contributed by atoms with Gasteiger partial charge in [0.15, 0.2) is 0 Å². The molecule has 2 rings (SSSR count). The monoisotopic (exact) mass is 248 g/mol. The molecule has 0 saturated heterocycles. The van der Waals surface area contributed by atoms with Crippen LogP contribution in [0.4, 0.5) is 5.82 Å². The highest BCUT2D eigenvalue weighted by atomic mass is 35.5. The van der Waals surface area contributed by atoms with Crippen LogP contribution in [0.2, 0.25) is 5.02 Å². The molecule has 0 bridgehead atoms. The third kappa shape index (κ3) is 2.25. The molecule has 3 nitrogen and oxygen atoms in total. The molecule has 0 aliphatic carbocycles. The number of hydrogen-bond acceptors (Lipinski definition) is 3. The van der Waals surface area contributed by atoms with Crippen molar-refractivity contribution in [3.63, 3.8) is 0 Å². The fourth-order valence-electron chi connectivity index (χ4n) is 1.76. The molecule has 0 aliphatic heterocycles. The van der Waals surface area contributed by atoms with E-state index in [1.165, 1.54) is 0 Å². The molecule has 88 valence electrons. The van der Waals surface area contributed by atoms with Crippen molar-refractivity contribution in [3.8, 4) is 0 Å². The van der Waals surface area contributed by atoms with Gasteiger partial charge in [-0.25, -0.2) is 4.98 Å². The third-order valence-corrected chi connectivity index (χ3v) is 3.02. The first-order valence-corrected chi connectivity index (χ1v) is 5.59. The number of hydrogen-bond donors (Lipinski definition) is 2. The molecule has 1 aromatic heterocycles. The van der Waals surface area contributed by atoms with E-state index in [2.05, 4.69) is 4.98 Å². The van der Waals surface area contributed by atoms with Gasteiger partial charge in [0.1, 0.15) is 11.4 Å². The van der Waals surface area contributed by atoms with E-state index in [-0.39, 0.29) is 0 Å². The Labute approximate surface area is 105 Å². The van der Waals surface area contributed by atoms with Crippen LogP contribution >= 0.6 is 11.6 Å². The molecular formula is C13H13ClN2O. The number of nitrogen functional groups attached to an aromatic ring is 1. The number of benzene rings is 1. The summed E-state index contributed by atoms with van der Waals surface area (Å²) in [5.41, 5.74) is 5.91. The summed E-state index contributed by atoms with van der Waals surface area (Å²) in [7, 11) is 0. The van der Waals surface area contributed by atoms with Gasteiger partial charge in [0.25, 0.3) is 0 Å². The van der Waals surface area contributed by atoms with E-state index in [0.29, 0.717) is 16.4 Å². The molecule has 0 spiro atoms. The number of nitrogens with two attached hydrogens (primary N) is 1. The van der Waals surface area contributed by atoms with E-state index in [1.54, 1.807) is 49.5 Å². The molecule has 0 aliphatic rings. The number of pyridine rings is 1. The SMILES string of the molecule is CC(O)(c1ccc(Cl)cc1)c1cccnc1N. The van der Waals surface area contributed by atoms with Crippen LogP contribution in [0, 0.1) is 0 Å². The highest BCUT2D eigenvalue weighted by Gasteiger charge is 2.27. The fourth-order valence-corrected chi connectivity index (χ4v) is 1.89. The second-order valence-corrected chi connectivity index (χ2v) is 4.45. The van der Waals surface area contributed by atoms with Crippen molar-refractivity contribution < 1.29 is 5.11 Å². The molecule has 0 fully saturated rings. The van der Waals surface area contributed by atoms with Crippen molar-refractivity contribution in [2.45, 2.75) is 12.5 Å². The summed E-state index contributed by atoms with van der Waals surface area (Å²) in [6.45, 7) is 1.68. The normalized spacial score (nSPS) is 14.3. The highest BCUT2D eigenvalue weighted by molar-refractivity contribution is 6.30. The van der Waals surface area contributed by atoms with Crippen LogP contribution in [0.3, 0.4) is 0 Å². The molecule has 17 heavy (non-hydrogen) atoms. The smallest absolute Gasteiger partial charge is 0.129 e. The van der Waals surface area contributed by atoms with Crippen molar-refractivity contribution in [1.29, 1.82) is 0 Å². The Morgan fingerprint density at radius 2 is 1.88 bits per heavy atom. The highest BCUT2D eigenvalue weighted by Crippen LogP contribution is 2.32. The lowest BCUT2D eigenvalue weighted by Gasteiger charge is -2.25. The molecule has 1 atom stereocenters. The zero-order valence-electron chi connectivity index (χ0n) is 9.39. The zero-order chi connectivity index (χ0) is 12.5. The molecule has 1 aromatic carbocycles. The lowest BCUT2D eigenvalue weighted by molar-refractivity contribution is 0.103. The van der Waals surface area contributed by atoms with E-state index in [9.17, 15) is 5.11 Å². The van der Waals surface area contributed by atoms with Gasteiger partial charge in [-0.2, -0.15) is 0 Å². The van der Waals surface area contributed by atoms with E-state index < -0.39 is 5.60 Å². The maximum Gasteiger partial charge on any atom is 0.129 e. The molecule has 2 aromatic rings. The van der Waals surface area contributed by atoms with Crippen LogP contribution in [0.5, 0.6) is 0 Å². The number of aliphatic hydroxyl groups is 1. The van der Waals surface area contributed by atoms with Crippen molar-refractivity contribution >= 4 is 17.4 Å². The zero-order valence-corrected chi connectivity index (χ0v) is 10.1. The van der Waals surface area contributed by atoms with E-state index >= 15 is 0 Å². The topological polar surface area (TPSA) is 59.1 Å². The van der Waals surface area contributed by atoms with Crippen LogP contribution in [-0.4, -0.2) is 10.1 Å². The standard InChI is InChI=1S/C13H13ClN2O/c1-13(17,9-4-6-10(14)7-5-9)11-3-2-8-16-12(11)15/h2-8,17H,1H3,(H2,15,16). The Morgan fingerprint density at radius 3 is 2.47 bits per heavy atom. The van der Waals surface area contributed by atoms with Crippen molar-refractivity contribution in [1.82, 2.24) is 4.98 Å². The maximum absolute atomic E-state index is 10.6. The average Bonchev–Trinajstić information content (AvgIpc) is 2.30. The Morgan fingerprint density at radius 1 is 1.24 bits per heavy atom. The molecule has 0 amide bonds. The molecule has 3 N–H and O–H groups in total. The van der Waals surface area contributed by atoms with E-state index in [4.69, 9.17) is 17.3 Å². The second kappa shape index (κ2) is 4.35. The fraction of sp³-hybridized carbons (Fsp3) is 0.154. The molecule has 1 heterocycles. The summed E-state index contributed by atoms with van der Waals surface area (Å²) in [6.07, 6.45) is 1.59. The Hall–Kier alpha value is -1.58. The quantitative estimate of drug-likeness (QED) is 0.859. The first kappa shape index (κ1) is 11.9. The van der Waals surface area contributed by atoms with Gasteiger partial charge in [-0.05, 0) is 30.7 Å². The third-order valence-electron chi connectivity index (χ3n) is 2.77. The van der Waals surface area contributed by atoms with Gasteiger partial charge in [-0.3, -0.25) is 0 Å². The van der Waals surface area contributed by atoms with Gasteiger partial charge in [0, 0.05) is 16.8 Å². The number of nitrogens with zero attached hydrogens (tertiary/aromatic N) is 1. The molecule has 0 radical (unpaired) electrons. The van der Waals surface area contributed by atoms with Crippen molar-refractivity contribution in [2.75, 3.05) is 5.73 Å². The van der Waals surface area contributed by atoms with E-state index in [1.807, 2.05) is 0 Å². The Kier molecular flexibility index (Phi) is 3.05. The van der Waals surface area contributed by atoms with Crippen molar-refractivity contribution in [3.05, 3.63) is 58.7 Å². The second-order valence-electron chi connectivity index (χ2n) is 4.02. The Balaban J connectivity index is 2.49. The first-order chi connectivity index (χ1) is 8.01. The summed E-state index contributed by atoms with van der Waals surface area (Å²) in [5, 5.41) is 11.2. The minimum absolute atomic E-state index is 0.326. The van der Waals surface area contributed by atoms with Crippen LogP contribution in [0.15, 0.2) is 42.6 Å². The molecule has 1 unspecified atom stereocenters. The minimum atomic E-state index is -1.18. The lowest BCUT2D eigenvalue weighted by atomic mass is 9.88. The largest absolute Gasteiger partial charge is 0.383 e. The van der Waals surface area contributed by atoms with Crippen LogP contribution < -0.4 is 5.73 Å². The first-order valence-electron chi connectivity index (χ1n) is 5.21. The van der Waals surface area contributed by atoms with Gasteiger partial charge in [0.05, 0.1) is 0 Å². The molecule has 0 saturated carbocycles. The average molecular weight is 249 g/mol. The predicted octanol–water partition coefficient (Wildman–Crippen LogP) is 2.57. The predicted molar refractivity (Wildman–Crippen MR) is 68.8 cm³/mol. The summed E-state index contributed by atoms with van der Waals surface area (Å²) < 4.78 is 0. The Bertz CT molecular complexity index is 523.